The van der Waals surface area contributed by atoms with E-state index in [0.29, 0.717) is 0 Å². The zero-order valence-electron chi connectivity index (χ0n) is 11.3. The Morgan fingerprint density at radius 2 is 1.80 bits per heavy atom. The molecule has 3 rings (SSSR count). The number of carbonyl (C=O) groups is 1. The molecule has 1 aliphatic rings. The van der Waals surface area contributed by atoms with Gasteiger partial charge >= 0.3 is 0 Å². The quantitative estimate of drug-likeness (QED) is 0.925. The number of thiophene rings is 1. The van der Waals surface area contributed by atoms with Crippen LogP contribution in [0.1, 0.15) is 28.9 Å². The van der Waals surface area contributed by atoms with E-state index in [1.54, 1.807) is 0 Å². The summed E-state index contributed by atoms with van der Waals surface area (Å²) in [5.74, 6) is -0.0364. The Hall–Kier alpha value is -1.81. The molecule has 20 heavy (non-hydrogen) atoms. The Balaban J connectivity index is 1.65. The van der Waals surface area contributed by atoms with E-state index in [9.17, 15) is 4.79 Å². The average Bonchev–Trinajstić information content (AvgIpc) is 3.03. The maximum atomic E-state index is 12.0. The standard InChI is InChI=1S/C16H18N2OS/c19-16(15-5-4-12-20-15)17-13-6-8-14(9-7-13)18-10-2-1-3-11-18/h4-9,12H,1-3,10-11H2,(H,17,19). The third-order valence-electron chi connectivity index (χ3n) is 3.59. The fourth-order valence-electron chi connectivity index (χ4n) is 2.51. The molecular formula is C16H18N2OS. The maximum absolute atomic E-state index is 12.0. The molecule has 0 atom stereocenters. The Bertz CT molecular complexity index is 557. The third-order valence-corrected chi connectivity index (χ3v) is 4.46. The van der Waals surface area contributed by atoms with Crippen molar-refractivity contribution >= 4 is 28.6 Å². The number of nitrogens with zero attached hydrogens (tertiary/aromatic N) is 1. The van der Waals surface area contributed by atoms with Crippen molar-refractivity contribution in [1.29, 1.82) is 0 Å². The highest BCUT2D eigenvalue weighted by Crippen LogP contribution is 2.22. The number of carbonyl (C=O) groups excluding carboxylic acids is 1. The number of nitrogens with one attached hydrogen (secondary N) is 1. The van der Waals surface area contributed by atoms with Gasteiger partial charge in [0.05, 0.1) is 4.88 Å². The molecule has 1 aromatic carbocycles. The second-order valence-electron chi connectivity index (χ2n) is 5.03. The minimum atomic E-state index is -0.0364. The van der Waals surface area contributed by atoms with Gasteiger partial charge in [-0.05, 0) is 55.0 Å². The number of anilines is 2. The summed E-state index contributed by atoms with van der Waals surface area (Å²) in [6.45, 7) is 2.28. The van der Waals surface area contributed by atoms with Crippen LogP contribution in [-0.2, 0) is 0 Å². The molecule has 0 unspecified atom stereocenters. The van der Waals surface area contributed by atoms with Gasteiger partial charge < -0.3 is 10.2 Å². The molecule has 3 nitrogen and oxygen atoms in total. The van der Waals surface area contributed by atoms with Crippen molar-refractivity contribution in [3.8, 4) is 0 Å². The van der Waals surface area contributed by atoms with E-state index >= 15 is 0 Å². The van der Waals surface area contributed by atoms with Crippen LogP contribution in [0.2, 0.25) is 0 Å². The van der Waals surface area contributed by atoms with E-state index in [2.05, 4.69) is 22.3 Å². The molecule has 1 fully saturated rings. The summed E-state index contributed by atoms with van der Waals surface area (Å²) in [5, 5.41) is 4.84. The number of amides is 1. The van der Waals surface area contributed by atoms with Crippen molar-refractivity contribution in [3.63, 3.8) is 0 Å². The van der Waals surface area contributed by atoms with E-state index in [-0.39, 0.29) is 5.91 Å². The van der Waals surface area contributed by atoms with Crippen LogP contribution in [-0.4, -0.2) is 19.0 Å². The molecule has 104 valence electrons. The smallest absolute Gasteiger partial charge is 0.265 e. The van der Waals surface area contributed by atoms with Crippen molar-refractivity contribution in [1.82, 2.24) is 0 Å². The van der Waals surface area contributed by atoms with Gasteiger partial charge in [0.1, 0.15) is 0 Å². The fraction of sp³-hybridized carbons (Fsp3) is 0.312. The van der Waals surface area contributed by atoms with Gasteiger partial charge in [0.15, 0.2) is 0 Å². The fourth-order valence-corrected chi connectivity index (χ4v) is 3.13. The molecule has 2 aromatic rings. The van der Waals surface area contributed by atoms with Crippen molar-refractivity contribution in [3.05, 3.63) is 46.7 Å². The molecule has 0 radical (unpaired) electrons. The summed E-state index contributed by atoms with van der Waals surface area (Å²) >= 11 is 1.46. The Morgan fingerprint density at radius 1 is 1.05 bits per heavy atom. The third kappa shape index (κ3) is 3.02. The van der Waals surface area contributed by atoms with Crippen LogP contribution < -0.4 is 10.2 Å². The lowest BCUT2D eigenvalue weighted by atomic mass is 10.1. The van der Waals surface area contributed by atoms with Gasteiger partial charge in [-0.2, -0.15) is 0 Å². The average molecular weight is 286 g/mol. The van der Waals surface area contributed by atoms with Gasteiger partial charge in [-0.1, -0.05) is 6.07 Å². The molecule has 1 aromatic heterocycles. The number of piperidine rings is 1. The van der Waals surface area contributed by atoms with Gasteiger partial charge in [-0.3, -0.25) is 4.79 Å². The number of benzene rings is 1. The molecule has 0 saturated carbocycles. The lowest BCUT2D eigenvalue weighted by Gasteiger charge is -2.28. The molecule has 0 bridgehead atoms. The van der Waals surface area contributed by atoms with Gasteiger partial charge in [0.25, 0.3) is 5.91 Å². The van der Waals surface area contributed by atoms with E-state index in [1.807, 2.05) is 29.6 Å². The number of hydrogen-bond donors (Lipinski definition) is 1. The second kappa shape index (κ2) is 6.09. The lowest BCUT2D eigenvalue weighted by molar-refractivity contribution is 0.103. The minimum absolute atomic E-state index is 0.0364. The number of rotatable bonds is 3. The summed E-state index contributed by atoms with van der Waals surface area (Å²) in [4.78, 5) is 15.1. The topological polar surface area (TPSA) is 32.3 Å². The molecule has 0 spiro atoms. The van der Waals surface area contributed by atoms with E-state index < -0.39 is 0 Å². The first-order chi connectivity index (χ1) is 9.83. The largest absolute Gasteiger partial charge is 0.372 e. The highest BCUT2D eigenvalue weighted by molar-refractivity contribution is 7.12. The molecule has 1 N–H and O–H groups in total. The first-order valence-electron chi connectivity index (χ1n) is 7.03. The molecule has 1 saturated heterocycles. The zero-order chi connectivity index (χ0) is 13.8. The van der Waals surface area contributed by atoms with Crippen molar-refractivity contribution in [2.45, 2.75) is 19.3 Å². The van der Waals surface area contributed by atoms with Gasteiger partial charge in [-0.25, -0.2) is 0 Å². The summed E-state index contributed by atoms with van der Waals surface area (Å²) in [5.41, 5.74) is 2.10. The van der Waals surface area contributed by atoms with Crippen LogP contribution >= 0.6 is 11.3 Å². The summed E-state index contributed by atoms with van der Waals surface area (Å²) < 4.78 is 0. The highest BCUT2D eigenvalue weighted by atomic mass is 32.1. The molecule has 4 heteroatoms. The molecule has 0 aliphatic carbocycles. The van der Waals surface area contributed by atoms with Gasteiger partial charge in [0.2, 0.25) is 0 Å². The predicted octanol–water partition coefficient (Wildman–Crippen LogP) is 3.99. The first-order valence-corrected chi connectivity index (χ1v) is 7.91. The van der Waals surface area contributed by atoms with Crippen molar-refractivity contribution in [2.24, 2.45) is 0 Å². The lowest BCUT2D eigenvalue weighted by Crippen LogP contribution is -2.29. The van der Waals surface area contributed by atoms with E-state index in [4.69, 9.17) is 0 Å². The monoisotopic (exact) mass is 286 g/mol. The second-order valence-corrected chi connectivity index (χ2v) is 5.97. The predicted molar refractivity (Wildman–Crippen MR) is 84.8 cm³/mol. The molecule has 1 amide bonds. The Morgan fingerprint density at radius 3 is 2.45 bits per heavy atom. The highest BCUT2D eigenvalue weighted by Gasteiger charge is 2.11. The van der Waals surface area contributed by atoms with Crippen LogP contribution in [0, 0.1) is 0 Å². The van der Waals surface area contributed by atoms with Crippen LogP contribution in [0.4, 0.5) is 11.4 Å². The van der Waals surface area contributed by atoms with E-state index in [0.717, 1.165) is 23.7 Å². The molecule has 2 heterocycles. The van der Waals surface area contributed by atoms with Gasteiger partial charge in [0, 0.05) is 24.5 Å². The Labute approximate surface area is 123 Å². The zero-order valence-corrected chi connectivity index (χ0v) is 12.2. The summed E-state index contributed by atoms with van der Waals surface area (Å²) in [6, 6.07) is 11.9. The SMILES string of the molecule is O=C(Nc1ccc(N2CCCCC2)cc1)c1cccs1. The Kier molecular flexibility index (Phi) is 4.02. The normalized spacial score (nSPS) is 15.1. The van der Waals surface area contributed by atoms with Gasteiger partial charge in [-0.15, -0.1) is 11.3 Å². The van der Waals surface area contributed by atoms with Crippen LogP contribution in [0.25, 0.3) is 0 Å². The van der Waals surface area contributed by atoms with E-state index in [1.165, 1.54) is 36.3 Å². The first kappa shape index (κ1) is 13.2. The molecule has 1 aliphatic heterocycles. The summed E-state index contributed by atoms with van der Waals surface area (Å²) in [7, 11) is 0. The number of hydrogen-bond acceptors (Lipinski definition) is 3. The van der Waals surface area contributed by atoms with Crippen LogP contribution in [0.15, 0.2) is 41.8 Å². The maximum Gasteiger partial charge on any atom is 0.265 e. The van der Waals surface area contributed by atoms with Crippen LogP contribution in [0.5, 0.6) is 0 Å². The summed E-state index contributed by atoms with van der Waals surface area (Å²) in [6.07, 6.45) is 3.89. The van der Waals surface area contributed by atoms with Crippen LogP contribution in [0.3, 0.4) is 0 Å². The minimum Gasteiger partial charge on any atom is -0.372 e. The molecular weight excluding hydrogens is 268 g/mol. The van der Waals surface area contributed by atoms with Crippen molar-refractivity contribution in [2.75, 3.05) is 23.3 Å². The van der Waals surface area contributed by atoms with Crippen molar-refractivity contribution < 1.29 is 4.79 Å².